The molecule has 4 heteroatoms. The first-order valence-electron chi connectivity index (χ1n) is 6.81. The molecule has 1 fully saturated rings. The summed E-state index contributed by atoms with van der Waals surface area (Å²) in [6.07, 6.45) is 6.32. The van der Waals surface area contributed by atoms with E-state index in [-0.39, 0.29) is 5.91 Å². The monoisotopic (exact) mass is 281 g/mol. The molecule has 0 saturated heterocycles. The summed E-state index contributed by atoms with van der Waals surface area (Å²) in [5.41, 5.74) is 0.916. The molecule has 0 heterocycles. The molecule has 1 aliphatic carbocycles. The molecule has 1 saturated carbocycles. The molecular weight excluding hydrogens is 262 g/mol. The molecule has 1 amide bonds. The highest BCUT2D eigenvalue weighted by Gasteiger charge is 2.16. The van der Waals surface area contributed by atoms with E-state index in [9.17, 15) is 4.79 Å². The molecule has 3 nitrogen and oxygen atoms in total. The fourth-order valence-corrected chi connectivity index (χ4v) is 2.81. The number of methoxy groups -OCH3 is 1. The average Bonchev–Trinajstić information content (AvgIpc) is 2.40. The molecule has 2 rings (SSSR count). The number of hydrogen-bond acceptors (Lipinski definition) is 2. The van der Waals surface area contributed by atoms with Gasteiger partial charge in [-0.1, -0.05) is 36.9 Å². The molecule has 0 aliphatic heterocycles. The molecule has 0 atom stereocenters. The van der Waals surface area contributed by atoms with Gasteiger partial charge >= 0.3 is 0 Å². The van der Waals surface area contributed by atoms with Crippen LogP contribution in [-0.4, -0.2) is 19.1 Å². The third-order valence-corrected chi connectivity index (χ3v) is 3.85. The Bertz CT molecular complexity index is 442. The van der Waals surface area contributed by atoms with Gasteiger partial charge in [0.25, 0.3) is 0 Å². The van der Waals surface area contributed by atoms with Gasteiger partial charge in [0.2, 0.25) is 5.91 Å². The van der Waals surface area contributed by atoms with Crippen molar-refractivity contribution in [2.45, 2.75) is 44.6 Å². The van der Waals surface area contributed by atoms with Crippen molar-refractivity contribution >= 4 is 17.5 Å². The van der Waals surface area contributed by atoms with Crippen LogP contribution in [0.15, 0.2) is 18.2 Å². The number of rotatable bonds is 4. The van der Waals surface area contributed by atoms with Crippen molar-refractivity contribution in [2.75, 3.05) is 7.11 Å². The Morgan fingerprint density at radius 2 is 2.11 bits per heavy atom. The zero-order chi connectivity index (χ0) is 13.7. The summed E-state index contributed by atoms with van der Waals surface area (Å²) in [5.74, 6) is 0.714. The van der Waals surface area contributed by atoms with Crippen molar-refractivity contribution in [1.82, 2.24) is 5.32 Å². The zero-order valence-corrected chi connectivity index (χ0v) is 12.0. The van der Waals surface area contributed by atoms with Crippen LogP contribution in [0.3, 0.4) is 0 Å². The second-order valence-corrected chi connectivity index (χ2v) is 5.46. The SMILES string of the molecule is COc1ccc(CC(=O)NC2CCCCC2)cc1Cl. The molecule has 104 valence electrons. The van der Waals surface area contributed by atoms with Crippen LogP contribution in [0.25, 0.3) is 0 Å². The predicted molar refractivity (Wildman–Crippen MR) is 76.7 cm³/mol. The number of benzene rings is 1. The van der Waals surface area contributed by atoms with E-state index in [1.807, 2.05) is 6.07 Å². The second kappa shape index (κ2) is 6.80. The van der Waals surface area contributed by atoms with Gasteiger partial charge in [-0.2, -0.15) is 0 Å². The number of nitrogens with one attached hydrogen (secondary N) is 1. The number of halogens is 1. The fraction of sp³-hybridized carbons (Fsp3) is 0.533. The standard InChI is InChI=1S/C15H20ClNO2/c1-19-14-8-7-11(9-13(14)16)10-15(18)17-12-5-3-2-4-6-12/h7-9,12H,2-6,10H2,1H3,(H,17,18). The normalized spacial score (nSPS) is 16.1. The molecule has 1 aromatic rings. The molecule has 0 radical (unpaired) electrons. The lowest BCUT2D eigenvalue weighted by molar-refractivity contribution is -0.121. The highest BCUT2D eigenvalue weighted by Crippen LogP contribution is 2.25. The van der Waals surface area contributed by atoms with E-state index < -0.39 is 0 Å². The van der Waals surface area contributed by atoms with Crippen LogP contribution in [-0.2, 0) is 11.2 Å². The van der Waals surface area contributed by atoms with Crippen LogP contribution < -0.4 is 10.1 Å². The maximum atomic E-state index is 12.0. The molecule has 0 aromatic heterocycles. The van der Waals surface area contributed by atoms with Crippen LogP contribution in [0.1, 0.15) is 37.7 Å². The first kappa shape index (κ1) is 14.2. The third-order valence-electron chi connectivity index (χ3n) is 3.55. The molecular formula is C15H20ClNO2. The quantitative estimate of drug-likeness (QED) is 0.919. The van der Waals surface area contributed by atoms with E-state index in [0.29, 0.717) is 23.2 Å². The summed E-state index contributed by atoms with van der Waals surface area (Å²) in [7, 11) is 1.58. The van der Waals surface area contributed by atoms with E-state index >= 15 is 0 Å². The summed E-state index contributed by atoms with van der Waals surface area (Å²) in [5, 5.41) is 3.65. The number of hydrogen-bond donors (Lipinski definition) is 1. The minimum Gasteiger partial charge on any atom is -0.495 e. The van der Waals surface area contributed by atoms with Crippen molar-refractivity contribution < 1.29 is 9.53 Å². The van der Waals surface area contributed by atoms with E-state index in [1.165, 1.54) is 19.3 Å². The van der Waals surface area contributed by atoms with Crippen LogP contribution in [0.4, 0.5) is 0 Å². The van der Waals surface area contributed by atoms with E-state index in [0.717, 1.165) is 18.4 Å². The fourth-order valence-electron chi connectivity index (χ4n) is 2.53. The topological polar surface area (TPSA) is 38.3 Å². The van der Waals surface area contributed by atoms with E-state index in [2.05, 4.69) is 5.32 Å². The summed E-state index contributed by atoms with van der Waals surface area (Å²) in [4.78, 5) is 12.0. The van der Waals surface area contributed by atoms with Crippen molar-refractivity contribution in [2.24, 2.45) is 0 Å². The van der Waals surface area contributed by atoms with E-state index in [1.54, 1.807) is 19.2 Å². The molecule has 0 unspecified atom stereocenters. The van der Waals surface area contributed by atoms with Gasteiger partial charge in [-0.05, 0) is 30.5 Å². The minimum atomic E-state index is 0.0770. The first-order valence-corrected chi connectivity index (χ1v) is 7.18. The average molecular weight is 282 g/mol. The number of ether oxygens (including phenoxy) is 1. The van der Waals surface area contributed by atoms with Crippen LogP contribution >= 0.6 is 11.6 Å². The maximum absolute atomic E-state index is 12.0. The van der Waals surface area contributed by atoms with Gasteiger partial charge in [0.15, 0.2) is 0 Å². The summed E-state index contributed by atoms with van der Waals surface area (Å²) < 4.78 is 5.09. The van der Waals surface area contributed by atoms with Gasteiger partial charge in [-0.15, -0.1) is 0 Å². The number of carbonyl (C=O) groups excluding carboxylic acids is 1. The van der Waals surface area contributed by atoms with Crippen LogP contribution in [0, 0.1) is 0 Å². The summed E-state index contributed by atoms with van der Waals surface area (Å²) in [6.45, 7) is 0. The molecule has 1 aromatic carbocycles. The van der Waals surface area contributed by atoms with Crippen molar-refractivity contribution in [1.29, 1.82) is 0 Å². The molecule has 0 bridgehead atoms. The highest BCUT2D eigenvalue weighted by atomic mass is 35.5. The Morgan fingerprint density at radius 1 is 1.37 bits per heavy atom. The highest BCUT2D eigenvalue weighted by molar-refractivity contribution is 6.32. The Hall–Kier alpha value is -1.22. The lowest BCUT2D eigenvalue weighted by Gasteiger charge is -2.22. The smallest absolute Gasteiger partial charge is 0.224 e. The minimum absolute atomic E-state index is 0.0770. The van der Waals surface area contributed by atoms with E-state index in [4.69, 9.17) is 16.3 Å². The lowest BCUT2D eigenvalue weighted by Crippen LogP contribution is -2.37. The van der Waals surface area contributed by atoms with Gasteiger partial charge in [0.1, 0.15) is 5.75 Å². The first-order chi connectivity index (χ1) is 9.19. The van der Waals surface area contributed by atoms with Gasteiger partial charge in [0.05, 0.1) is 18.6 Å². The lowest BCUT2D eigenvalue weighted by atomic mass is 9.95. The number of amides is 1. The predicted octanol–water partition coefficient (Wildman–Crippen LogP) is 3.34. The summed E-state index contributed by atoms with van der Waals surface area (Å²) in [6, 6.07) is 5.83. The van der Waals surface area contributed by atoms with Crippen LogP contribution in [0.5, 0.6) is 5.75 Å². The van der Waals surface area contributed by atoms with Crippen molar-refractivity contribution in [3.8, 4) is 5.75 Å². The van der Waals surface area contributed by atoms with Crippen molar-refractivity contribution in [3.05, 3.63) is 28.8 Å². The molecule has 19 heavy (non-hydrogen) atoms. The van der Waals surface area contributed by atoms with Crippen LogP contribution in [0.2, 0.25) is 5.02 Å². The maximum Gasteiger partial charge on any atom is 0.224 e. The molecule has 1 N–H and O–H groups in total. The number of carbonyl (C=O) groups is 1. The Balaban J connectivity index is 1.89. The van der Waals surface area contributed by atoms with Gasteiger partial charge < -0.3 is 10.1 Å². The second-order valence-electron chi connectivity index (χ2n) is 5.05. The van der Waals surface area contributed by atoms with Gasteiger partial charge in [-0.3, -0.25) is 4.79 Å². The van der Waals surface area contributed by atoms with Gasteiger partial charge in [0, 0.05) is 6.04 Å². The zero-order valence-electron chi connectivity index (χ0n) is 11.2. The Labute approximate surface area is 119 Å². The Morgan fingerprint density at radius 3 is 2.74 bits per heavy atom. The largest absolute Gasteiger partial charge is 0.495 e. The van der Waals surface area contributed by atoms with Crippen molar-refractivity contribution in [3.63, 3.8) is 0 Å². The third kappa shape index (κ3) is 4.13. The Kier molecular flexibility index (Phi) is 5.08. The summed E-state index contributed by atoms with van der Waals surface area (Å²) >= 11 is 6.05. The molecule has 0 spiro atoms. The van der Waals surface area contributed by atoms with Gasteiger partial charge in [-0.25, -0.2) is 0 Å². The molecule has 1 aliphatic rings.